The Morgan fingerprint density at radius 1 is 1.13 bits per heavy atom. The molecule has 0 unspecified atom stereocenters. The maximum absolute atomic E-state index is 12.2. The summed E-state index contributed by atoms with van der Waals surface area (Å²) in [5, 5.41) is 2.79. The molecule has 0 heterocycles. The lowest BCUT2D eigenvalue weighted by Gasteiger charge is -2.10. The molecule has 168 valence electrons. The number of alkyl halides is 3. The zero-order chi connectivity index (χ0) is 23.2. The van der Waals surface area contributed by atoms with Gasteiger partial charge in [-0.15, -0.1) is 0 Å². The van der Waals surface area contributed by atoms with Crippen LogP contribution in [-0.4, -0.2) is 41.3 Å². The van der Waals surface area contributed by atoms with Gasteiger partial charge in [0.05, 0.1) is 24.1 Å². The molecule has 0 aliphatic carbocycles. The maximum atomic E-state index is 12.2. The number of ether oxygens (including phenoxy) is 2. The van der Waals surface area contributed by atoms with E-state index in [0.717, 1.165) is 12.1 Å². The number of amides is 1. The third-order valence-electron chi connectivity index (χ3n) is 3.78. The molecule has 0 aliphatic rings. The van der Waals surface area contributed by atoms with E-state index in [2.05, 4.69) is 5.32 Å². The summed E-state index contributed by atoms with van der Waals surface area (Å²) in [7, 11) is -1.45. The summed E-state index contributed by atoms with van der Waals surface area (Å²) in [5.41, 5.74) is 0.810. The molecule has 0 saturated heterocycles. The molecule has 0 fully saturated rings. The molecule has 0 bridgehead atoms. The molecule has 2 aromatic carbocycles. The van der Waals surface area contributed by atoms with Crippen molar-refractivity contribution >= 4 is 39.3 Å². The maximum Gasteiger partial charge on any atom is 0.402 e. The molecule has 2 aromatic rings. The first kappa shape index (κ1) is 24.5. The molecular weight excluding hydrogens is 461 g/mol. The monoisotopic (exact) mass is 478 g/mol. The molecule has 0 atom stereocenters. The lowest BCUT2D eigenvalue weighted by Crippen LogP contribution is -2.33. The van der Waals surface area contributed by atoms with Gasteiger partial charge < -0.3 is 14.8 Å². The minimum atomic E-state index is -4.68. The fourth-order valence-corrected chi connectivity index (χ4v) is 3.68. The van der Waals surface area contributed by atoms with E-state index >= 15 is 0 Å². The van der Waals surface area contributed by atoms with Crippen molar-refractivity contribution in [2.75, 3.05) is 26.1 Å². The number of carbonyl (C=O) groups is 1. The average Bonchev–Trinajstić information content (AvgIpc) is 2.70. The van der Waals surface area contributed by atoms with Crippen LogP contribution in [0.25, 0.3) is 6.08 Å². The van der Waals surface area contributed by atoms with E-state index in [1.165, 1.54) is 43.2 Å². The Balaban J connectivity index is 2.06. The van der Waals surface area contributed by atoms with Crippen LogP contribution in [0.1, 0.15) is 5.56 Å². The van der Waals surface area contributed by atoms with Crippen LogP contribution >= 0.6 is 11.6 Å². The number of benzene rings is 2. The van der Waals surface area contributed by atoms with Crippen LogP contribution in [0.4, 0.5) is 18.9 Å². The predicted octanol–water partition coefficient (Wildman–Crippen LogP) is 3.85. The second-order valence-corrected chi connectivity index (χ2v) is 8.20. The Hall–Kier alpha value is -2.76. The number of hydrogen-bond donors (Lipinski definition) is 2. The number of anilines is 1. The van der Waals surface area contributed by atoms with Gasteiger partial charge in [-0.3, -0.25) is 4.79 Å². The van der Waals surface area contributed by atoms with Gasteiger partial charge in [-0.1, -0.05) is 11.6 Å². The normalized spacial score (nSPS) is 12.1. The van der Waals surface area contributed by atoms with Gasteiger partial charge in [0, 0.05) is 11.8 Å². The first-order valence-electron chi connectivity index (χ1n) is 8.52. The summed E-state index contributed by atoms with van der Waals surface area (Å²) in [5.74, 6) is 0.202. The van der Waals surface area contributed by atoms with Crippen LogP contribution in [0, 0.1) is 0 Å². The summed E-state index contributed by atoms with van der Waals surface area (Å²) in [6, 6.07) is 7.84. The van der Waals surface area contributed by atoms with Gasteiger partial charge in [-0.05, 0) is 48.0 Å². The van der Waals surface area contributed by atoms with Crippen LogP contribution in [0.2, 0.25) is 5.02 Å². The summed E-state index contributed by atoms with van der Waals surface area (Å²) in [6.45, 7) is -1.68. The topological polar surface area (TPSA) is 93.7 Å². The number of nitrogens with one attached hydrogen (secondary N) is 2. The van der Waals surface area contributed by atoms with Crippen molar-refractivity contribution in [1.82, 2.24) is 4.72 Å². The smallest absolute Gasteiger partial charge is 0.402 e. The lowest BCUT2D eigenvalue weighted by atomic mass is 10.2. The fourth-order valence-electron chi connectivity index (χ4n) is 2.37. The Labute approximate surface area is 181 Å². The standard InChI is InChI=1S/C19H18ClF3N2O5S/c1-29-16-10-12(9-15(20)18(16)30-2)3-8-17(26)25-13-4-6-14(7-5-13)31(27,28)24-11-19(21,22)23/h3-10,24H,11H2,1-2H3,(H,25,26)/b8-3+. The van der Waals surface area contributed by atoms with Crippen molar-refractivity contribution in [2.24, 2.45) is 0 Å². The minimum Gasteiger partial charge on any atom is -0.493 e. The second kappa shape index (κ2) is 10.0. The molecule has 0 aliphatic heterocycles. The van der Waals surface area contributed by atoms with E-state index in [9.17, 15) is 26.4 Å². The van der Waals surface area contributed by atoms with Gasteiger partial charge in [0.25, 0.3) is 0 Å². The molecule has 2 rings (SSSR count). The number of sulfonamides is 1. The van der Waals surface area contributed by atoms with E-state index in [-0.39, 0.29) is 15.6 Å². The third kappa shape index (κ3) is 7.16. The highest BCUT2D eigenvalue weighted by molar-refractivity contribution is 7.89. The van der Waals surface area contributed by atoms with Crippen LogP contribution in [-0.2, 0) is 14.8 Å². The summed E-state index contributed by atoms with van der Waals surface area (Å²) in [6.07, 6.45) is -1.98. The number of hydrogen-bond acceptors (Lipinski definition) is 5. The van der Waals surface area contributed by atoms with Crippen LogP contribution < -0.4 is 19.5 Å². The van der Waals surface area contributed by atoms with Crippen LogP contribution in [0.15, 0.2) is 47.4 Å². The number of carbonyl (C=O) groups excluding carboxylic acids is 1. The van der Waals surface area contributed by atoms with Crippen LogP contribution in [0.3, 0.4) is 0 Å². The highest BCUT2D eigenvalue weighted by Gasteiger charge is 2.30. The number of rotatable bonds is 8. The summed E-state index contributed by atoms with van der Waals surface area (Å²) < 4.78 is 72.1. The molecule has 7 nitrogen and oxygen atoms in total. The average molecular weight is 479 g/mol. The lowest BCUT2D eigenvalue weighted by molar-refractivity contribution is -0.121. The zero-order valence-corrected chi connectivity index (χ0v) is 17.9. The van der Waals surface area contributed by atoms with Gasteiger partial charge in [-0.25, -0.2) is 13.1 Å². The Morgan fingerprint density at radius 3 is 2.32 bits per heavy atom. The van der Waals surface area contributed by atoms with E-state index < -0.39 is 28.7 Å². The Kier molecular flexibility index (Phi) is 7.93. The van der Waals surface area contributed by atoms with E-state index in [1.54, 1.807) is 12.1 Å². The Bertz CT molecular complexity index is 1070. The second-order valence-electron chi connectivity index (χ2n) is 6.02. The minimum absolute atomic E-state index is 0.245. The van der Waals surface area contributed by atoms with E-state index in [1.807, 2.05) is 0 Å². The Morgan fingerprint density at radius 2 is 1.77 bits per heavy atom. The van der Waals surface area contributed by atoms with Crippen molar-refractivity contribution in [3.8, 4) is 11.5 Å². The van der Waals surface area contributed by atoms with Crippen molar-refractivity contribution in [3.05, 3.63) is 53.1 Å². The molecule has 0 radical (unpaired) electrons. The molecule has 2 N–H and O–H groups in total. The van der Waals surface area contributed by atoms with Crippen molar-refractivity contribution in [3.63, 3.8) is 0 Å². The van der Waals surface area contributed by atoms with E-state index in [0.29, 0.717) is 17.1 Å². The highest BCUT2D eigenvalue weighted by atomic mass is 35.5. The first-order valence-corrected chi connectivity index (χ1v) is 10.4. The van der Waals surface area contributed by atoms with Crippen LogP contribution in [0.5, 0.6) is 11.5 Å². The quantitative estimate of drug-likeness (QED) is 0.562. The number of methoxy groups -OCH3 is 2. The zero-order valence-electron chi connectivity index (χ0n) is 16.3. The van der Waals surface area contributed by atoms with Gasteiger partial charge in [0.1, 0.15) is 6.54 Å². The summed E-state index contributed by atoms with van der Waals surface area (Å²) >= 11 is 6.10. The fraction of sp³-hybridized carbons (Fsp3) is 0.211. The SMILES string of the molecule is COc1cc(/C=C/C(=O)Nc2ccc(S(=O)(=O)NCC(F)(F)F)cc2)cc(Cl)c1OC. The van der Waals surface area contributed by atoms with Gasteiger partial charge in [-0.2, -0.15) is 13.2 Å². The molecule has 31 heavy (non-hydrogen) atoms. The van der Waals surface area contributed by atoms with Gasteiger partial charge in [0.2, 0.25) is 15.9 Å². The van der Waals surface area contributed by atoms with Crippen molar-refractivity contribution in [1.29, 1.82) is 0 Å². The summed E-state index contributed by atoms with van der Waals surface area (Å²) in [4.78, 5) is 11.7. The third-order valence-corrected chi connectivity index (χ3v) is 5.48. The molecule has 0 aromatic heterocycles. The molecule has 12 heteroatoms. The largest absolute Gasteiger partial charge is 0.493 e. The van der Waals surface area contributed by atoms with Gasteiger partial charge >= 0.3 is 6.18 Å². The van der Waals surface area contributed by atoms with Crippen molar-refractivity contribution < 1.29 is 35.9 Å². The molecule has 0 spiro atoms. The molecule has 1 amide bonds. The number of halogens is 4. The molecule has 0 saturated carbocycles. The van der Waals surface area contributed by atoms with Gasteiger partial charge in [0.15, 0.2) is 11.5 Å². The first-order chi connectivity index (χ1) is 14.4. The van der Waals surface area contributed by atoms with E-state index in [4.69, 9.17) is 21.1 Å². The predicted molar refractivity (Wildman–Crippen MR) is 110 cm³/mol. The molecular formula is C19H18ClF3N2O5S. The highest BCUT2D eigenvalue weighted by Crippen LogP contribution is 2.36. The van der Waals surface area contributed by atoms with Crippen molar-refractivity contribution in [2.45, 2.75) is 11.1 Å².